The molecule has 0 saturated carbocycles. The molecule has 0 spiro atoms. The third-order valence-corrected chi connectivity index (χ3v) is 3.77. The van der Waals surface area contributed by atoms with Crippen molar-refractivity contribution in [1.82, 2.24) is 0 Å². The van der Waals surface area contributed by atoms with E-state index in [0.717, 1.165) is 17.7 Å². The van der Waals surface area contributed by atoms with Gasteiger partial charge in [-0.1, -0.05) is 25.5 Å². The van der Waals surface area contributed by atoms with Gasteiger partial charge in [-0.25, -0.2) is 0 Å². The van der Waals surface area contributed by atoms with Crippen LogP contribution in [0.15, 0.2) is 29.2 Å². The van der Waals surface area contributed by atoms with E-state index < -0.39 is 6.10 Å². The summed E-state index contributed by atoms with van der Waals surface area (Å²) in [6.45, 7) is 4.75. The maximum atomic E-state index is 11.3. The summed E-state index contributed by atoms with van der Waals surface area (Å²) in [6.07, 6.45) is 1.66. The fourth-order valence-corrected chi connectivity index (χ4v) is 2.38. The standard InChI is InChI=1S/C15H22O3S/c1-3-4-8-18-10-14(17)11-19-15-7-5-6-13(9-15)12(2)16/h5-7,9,14,17H,3-4,8,10-11H2,1-2H3. The molecule has 0 aliphatic heterocycles. The molecule has 0 aliphatic carbocycles. The number of aliphatic hydroxyl groups is 1. The van der Waals surface area contributed by atoms with E-state index in [9.17, 15) is 9.90 Å². The molecule has 1 N–H and O–H groups in total. The highest BCUT2D eigenvalue weighted by atomic mass is 32.2. The zero-order valence-corrected chi connectivity index (χ0v) is 12.4. The number of benzene rings is 1. The molecule has 0 bridgehead atoms. The van der Waals surface area contributed by atoms with Crippen molar-refractivity contribution in [2.24, 2.45) is 0 Å². The molecule has 0 amide bonds. The van der Waals surface area contributed by atoms with Crippen LogP contribution in [0.25, 0.3) is 0 Å². The fraction of sp³-hybridized carbons (Fsp3) is 0.533. The Balaban J connectivity index is 2.31. The van der Waals surface area contributed by atoms with Crippen molar-refractivity contribution in [3.63, 3.8) is 0 Å². The molecule has 0 radical (unpaired) electrons. The third kappa shape index (κ3) is 6.76. The molecule has 19 heavy (non-hydrogen) atoms. The molecule has 1 unspecified atom stereocenters. The number of Topliss-reactive ketones (excluding diaryl/α,β-unsaturated/α-hetero) is 1. The van der Waals surface area contributed by atoms with Crippen LogP contribution in [0.5, 0.6) is 0 Å². The zero-order valence-electron chi connectivity index (χ0n) is 11.6. The predicted molar refractivity (Wildman–Crippen MR) is 78.9 cm³/mol. The monoisotopic (exact) mass is 282 g/mol. The Labute approximate surface area is 119 Å². The average Bonchev–Trinajstić information content (AvgIpc) is 2.41. The minimum atomic E-state index is -0.470. The summed E-state index contributed by atoms with van der Waals surface area (Å²) in [5.41, 5.74) is 0.707. The molecule has 1 rings (SSSR count). The first-order chi connectivity index (χ1) is 9.13. The summed E-state index contributed by atoms with van der Waals surface area (Å²) >= 11 is 1.54. The smallest absolute Gasteiger partial charge is 0.159 e. The van der Waals surface area contributed by atoms with Gasteiger partial charge in [-0.05, 0) is 25.5 Å². The van der Waals surface area contributed by atoms with Crippen LogP contribution in [0.1, 0.15) is 37.0 Å². The molecule has 3 nitrogen and oxygen atoms in total. The second kappa shape index (κ2) is 9.13. The average molecular weight is 282 g/mol. The summed E-state index contributed by atoms with van der Waals surface area (Å²) in [5, 5.41) is 9.78. The quantitative estimate of drug-likeness (QED) is 0.429. The first kappa shape index (κ1) is 16.2. The van der Waals surface area contributed by atoms with Gasteiger partial charge >= 0.3 is 0 Å². The number of carbonyl (C=O) groups is 1. The number of aliphatic hydroxyl groups excluding tert-OH is 1. The van der Waals surface area contributed by atoms with Crippen LogP contribution in [0.3, 0.4) is 0 Å². The second-order valence-electron chi connectivity index (χ2n) is 4.48. The highest BCUT2D eigenvalue weighted by molar-refractivity contribution is 7.99. The van der Waals surface area contributed by atoms with Crippen molar-refractivity contribution >= 4 is 17.5 Å². The highest BCUT2D eigenvalue weighted by Crippen LogP contribution is 2.20. The fourth-order valence-electron chi connectivity index (χ4n) is 1.51. The van der Waals surface area contributed by atoms with E-state index in [1.807, 2.05) is 18.2 Å². The van der Waals surface area contributed by atoms with Gasteiger partial charge in [0.15, 0.2) is 5.78 Å². The molecule has 1 aromatic carbocycles. The number of ether oxygens (including phenoxy) is 1. The van der Waals surface area contributed by atoms with Crippen LogP contribution >= 0.6 is 11.8 Å². The van der Waals surface area contributed by atoms with Gasteiger partial charge in [0, 0.05) is 22.8 Å². The van der Waals surface area contributed by atoms with Crippen molar-refractivity contribution in [3.8, 4) is 0 Å². The Morgan fingerprint density at radius 2 is 2.26 bits per heavy atom. The number of thioether (sulfide) groups is 1. The lowest BCUT2D eigenvalue weighted by atomic mass is 10.2. The summed E-state index contributed by atoms with van der Waals surface area (Å²) in [5.74, 6) is 0.638. The number of unbranched alkanes of at least 4 members (excludes halogenated alkanes) is 1. The zero-order chi connectivity index (χ0) is 14.1. The largest absolute Gasteiger partial charge is 0.390 e. The highest BCUT2D eigenvalue weighted by Gasteiger charge is 2.06. The first-order valence-corrected chi connectivity index (χ1v) is 7.61. The molecule has 0 aromatic heterocycles. The number of carbonyl (C=O) groups excluding carboxylic acids is 1. The third-order valence-electron chi connectivity index (χ3n) is 2.64. The van der Waals surface area contributed by atoms with E-state index in [1.165, 1.54) is 0 Å². The van der Waals surface area contributed by atoms with Crippen LogP contribution in [-0.2, 0) is 4.74 Å². The van der Waals surface area contributed by atoms with Crippen molar-refractivity contribution < 1.29 is 14.6 Å². The number of hydrogen-bond donors (Lipinski definition) is 1. The Kier molecular flexibility index (Phi) is 7.79. The molecular weight excluding hydrogens is 260 g/mol. The molecular formula is C15H22O3S. The van der Waals surface area contributed by atoms with Crippen LogP contribution in [0.2, 0.25) is 0 Å². The SMILES string of the molecule is CCCCOCC(O)CSc1cccc(C(C)=O)c1. The summed E-state index contributed by atoms with van der Waals surface area (Å²) in [7, 11) is 0. The van der Waals surface area contributed by atoms with E-state index in [4.69, 9.17) is 4.74 Å². The Morgan fingerprint density at radius 3 is 2.95 bits per heavy atom. The van der Waals surface area contributed by atoms with E-state index in [1.54, 1.807) is 24.8 Å². The summed E-state index contributed by atoms with van der Waals surface area (Å²) in [6, 6.07) is 7.47. The van der Waals surface area contributed by atoms with Gasteiger partial charge in [0.05, 0.1) is 12.7 Å². The number of rotatable bonds is 9. The first-order valence-electron chi connectivity index (χ1n) is 6.63. The molecule has 106 valence electrons. The molecule has 1 atom stereocenters. The predicted octanol–water partition coefficient (Wildman–Crippen LogP) is 3.16. The van der Waals surface area contributed by atoms with Crippen molar-refractivity contribution in [3.05, 3.63) is 29.8 Å². The van der Waals surface area contributed by atoms with E-state index >= 15 is 0 Å². The van der Waals surface area contributed by atoms with Crippen LogP contribution in [-0.4, -0.2) is 36.0 Å². The maximum absolute atomic E-state index is 11.3. The van der Waals surface area contributed by atoms with Crippen molar-refractivity contribution in [2.45, 2.75) is 37.7 Å². The minimum Gasteiger partial charge on any atom is -0.390 e. The van der Waals surface area contributed by atoms with Crippen molar-refractivity contribution in [2.75, 3.05) is 19.0 Å². The normalized spacial score (nSPS) is 12.4. The molecule has 0 aliphatic rings. The van der Waals surface area contributed by atoms with E-state index in [2.05, 4.69) is 6.92 Å². The molecule has 0 fully saturated rings. The Morgan fingerprint density at radius 1 is 1.47 bits per heavy atom. The number of ketones is 1. The minimum absolute atomic E-state index is 0.0610. The topological polar surface area (TPSA) is 46.5 Å². The van der Waals surface area contributed by atoms with Gasteiger partial charge in [0.2, 0.25) is 0 Å². The lowest BCUT2D eigenvalue weighted by molar-refractivity contribution is 0.0473. The van der Waals surface area contributed by atoms with E-state index in [0.29, 0.717) is 24.5 Å². The van der Waals surface area contributed by atoms with Gasteiger partial charge in [0.25, 0.3) is 0 Å². The Hall–Kier alpha value is -0.840. The van der Waals surface area contributed by atoms with Gasteiger partial charge in [-0.15, -0.1) is 11.8 Å². The molecule has 4 heteroatoms. The van der Waals surface area contributed by atoms with Gasteiger partial charge in [0.1, 0.15) is 0 Å². The van der Waals surface area contributed by atoms with Gasteiger partial charge in [-0.2, -0.15) is 0 Å². The molecule has 1 aromatic rings. The van der Waals surface area contributed by atoms with Gasteiger partial charge in [-0.3, -0.25) is 4.79 Å². The lowest BCUT2D eigenvalue weighted by Crippen LogP contribution is -2.18. The second-order valence-corrected chi connectivity index (χ2v) is 5.57. The van der Waals surface area contributed by atoms with Crippen LogP contribution in [0, 0.1) is 0 Å². The summed E-state index contributed by atoms with van der Waals surface area (Å²) in [4.78, 5) is 12.3. The number of hydrogen-bond acceptors (Lipinski definition) is 4. The molecule has 0 heterocycles. The lowest BCUT2D eigenvalue weighted by Gasteiger charge is -2.11. The van der Waals surface area contributed by atoms with Crippen LogP contribution < -0.4 is 0 Å². The van der Waals surface area contributed by atoms with Crippen molar-refractivity contribution in [1.29, 1.82) is 0 Å². The van der Waals surface area contributed by atoms with Crippen LogP contribution in [0.4, 0.5) is 0 Å². The maximum Gasteiger partial charge on any atom is 0.159 e. The van der Waals surface area contributed by atoms with Gasteiger partial charge < -0.3 is 9.84 Å². The van der Waals surface area contributed by atoms with E-state index in [-0.39, 0.29) is 5.78 Å². The Bertz CT molecular complexity index is 393. The summed E-state index contributed by atoms with van der Waals surface area (Å²) < 4.78 is 5.37. The molecule has 0 saturated heterocycles.